The lowest BCUT2D eigenvalue weighted by Crippen LogP contribution is -2.02. The zero-order valence-corrected chi connectivity index (χ0v) is 14.3. The Hall–Kier alpha value is -2.81. The van der Waals surface area contributed by atoms with Gasteiger partial charge in [-0.15, -0.1) is 0 Å². The van der Waals surface area contributed by atoms with Crippen LogP contribution in [-0.2, 0) is 19.6 Å². The van der Waals surface area contributed by atoms with Crippen LogP contribution < -0.4 is 10.1 Å². The third-order valence-corrected chi connectivity index (χ3v) is 4.07. The van der Waals surface area contributed by atoms with Crippen LogP contribution in [-0.4, -0.2) is 0 Å². The van der Waals surface area contributed by atoms with Crippen molar-refractivity contribution in [1.82, 2.24) is 0 Å². The van der Waals surface area contributed by atoms with Crippen LogP contribution >= 0.6 is 0 Å². The van der Waals surface area contributed by atoms with E-state index in [-0.39, 0.29) is 5.82 Å². The molecule has 0 amide bonds. The summed E-state index contributed by atoms with van der Waals surface area (Å²) in [5, 5.41) is 3.48. The first-order valence-corrected chi connectivity index (χ1v) is 8.52. The van der Waals surface area contributed by atoms with Gasteiger partial charge in [0.25, 0.3) is 0 Å². The van der Waals surface area contributed by atoms with E-state index in [4.69, 9.17) is 4.74 Å². The number of nitrogens with one attached hydrogen (secondary N) is 1. The van der Waals surface area contributed by atoms with Crippen LogP contribution in [0.25, 0.3) is 0 Å². The Bertz CT molecular complexity index is 832. The molecule has 3 aromatic rings. The SMILES string of the molecule is CCc1ccccc1NCc1cccc(OCc2cccc(F)c2)c1. The molecule has 0 saturated heterocycles. The van der Waals surface area contributed by atoms with Gasteiger partial charge >= 0.3 is 0 Å². The first-order chi connectivity index (χ1) is 12.2. The quantitative estimate of drug-likeness (QED) is 0.608. The molecule has 0 unspecified atom stereocenters. The van der Waals surface area contributed by atoms with Gasteiger partial charge in [-0.2, -0.15) is 0 Å². The lowest BCUT2D eigenvalue weighted by Gasteiger charge is -2.12. The number of benzene rings is 3. The van der Waals surface area contributed by atoms with Crippen molar-refractivity contribution in [3.05, 3.63) is 95.3 Å². The number of hydrogen-bond donors (Lipinski definition) is 1. The van der Waals surface area contributed by atoms with Crippen LogP contribution in [0, 0.1) is 5.82 Å². The van der Waals surface area contributed by atoms with Gasteiger partial charge in [0.05, 0.1) is 0 Å². The van der Waals surface area contributed by atoms with Gasteiger partial charge in [0.2, 0.25) is 0 Å². The van der Waals surface area contributed by atoms with E-state index in [1.807, 2.05) is 30.3 Å². The molecule has 128 valence electrons. The highest BCUT2D eigenvalue weighted by molar-refractivity contribution is 5.51. The fraction of sp³-hybridized carbons (Fsp3) is 0.182. The highest BCUT2D eigenvalue weighted by Crippen LogP contribution is 2.19. The molecular weight excluding hydrogens is 313 g/mol. The molecule has 25 heavy (non-hydrogen) atoms. The minimum absolute atomic E-state index is 0.242. The van der Waals surface area contributed by atoms with Gasteiger partial charge in [-0.3, -0.25) is 0 Å². The molecule has 2 nitrogen and oxygen atoms in total. The van der Waals surface area contributed by atoms with Crippen molar-refractivity contribution in [3.8, 4) is 5.75 Å². The molecule has 0 aromatic heterocycles. The van der Waals surface area contributed by atoms with Gasteiger partial charge in [-0.25, -0.2) is 4.39 Å². The first kappa shape index (κ1) is 17.0. The molecule has 0 atom stereocenters. The standard InChI is InChI=1S/C22H22FNO/c1-2-19-9-3-4-12-22(19)24-15-17-7-6-11-21(14-17)25-16-18-8-5-10-20(23)13-18/h3-14,24H,2,15-16H2,1H3. The summed E-state index contributed by atoms with van der Waals surface area (Å²) in [6, 6.07) is 22.8. The molecule has 0 saturated carbocycles. The molecule has 0 fully saturated rings. The Morgan fingerprint density at radius 1 is 0.880 bits per heavy atom. The Morgan fingerprint density at radius 3 is 2.52 bits per heavy atom. The first-order valence-electron chi connectivity index (χ1n) is 8.52. The smallest absolute Gasteiger partial charge is 0.123 e. The predicted octanol–water partition coefficient (Wildman–Crippen LogP) is 5.58. The Morgan fingerprint density at radius 2 is 1.68 bits per heavy atom. The van der Waals surface area contributed by atoms with Gasteiger partial charge in [-0.1, -0.05) is 49.4 Å². The summed E-state index contributed by atoms with van der Waals surface area (Å²) in [4.78, 5) is 0. The largest absolute Gasteiger partial charge is 0.489 e. The topological polar surface area (TPSA) is 21.3 Å². The minimum atomic E-state index is -0.242. The molecule has 3 aromatic carbocycles. The third-order valence-electron chi connectivity index (χ3n) is 4.07. The number of para-hydroxylation sites is 1. The Labute approximate surface area is 148 Å². The molecule has 3 rings (SSSR count). The Kier molecular flexibility index (Phi) is 5.68. The van der Waals surface area contributed by atoms with E-state index in [0.29, 0.717) is 6.61 Å². The van der Waals surface area contributed by atoms with Crippen LogP contribution in [0.1, 0.15) is 23.6 Å². The van der Waals surface area contributed by atoms with Gasteiger partial charge < -0.3 is 10.1 Å². The number of hydrogen-bond acceptors (Lipinski definition) is 2. The number of anilines is 1. The monoisotopic (exact) mass is 335 g/mol. The molecule has 0 aliphatic carbocycles. The molecular formula is C22H22FNO. The van der Waals surface area contributed by atoms with Crippen molar-refractivity contribution >= 4 is 5.69 Å². The molecule has 1 N–H and O–H groups in total. The predicted molar refractivity (Wildman–Crippen MR) is 100 cm³/mol. The Balaban J connectivity index is 1.61. The zero-order chi connectivity index (χ0) is 17.5. The van der Waals surface area contributed by atoms with E-state index >= 15 is 0 Å². The van der Waals surface area contributed by atoms with Crippen LogP contribution in [0.15, 0.2) is 72.8 Å². The van der Waals surface area contributed by atoms with E-state index < -0.39 is 0 Å². The lowest BCUT2D eigenvalue weighted by atomic mass is 10.1. The normalized spacial score (nSPS) is 10.5. The molecule has 0 aliphatic heterocycles. The average Bonchev–Trinajstić information content (AvgIpc) is 2.65. The van der Waals surface area contributed by atoms with Gasteiger partial charge in [0, 0.05) is 12.2 Å². The van der Waals surface area contributed by atoms with Gasteiger partial charge in [-0.05, 0) is 53.4 Å². The van der Waals surface area contributed by atoms with Crippen molar-refractivity contribution in [3.63, 3.8) is 0 Å². The van der Waals surface area contributed by atoms with Gasteiger partial charge in [0.1, 0.15) is 18.2 Å². The number of halogens is 1. The summed E-state index contributed by atoms with van der Waals surface area (Å²) in [7, 11) is 0. The highest BCUT2D eigenvalue weighted by Gasteiger charge is 2.02. The minimum Gasteiger partial charge on any atom is -0.489 e. The number of rotatable bonds is 7. The van der Waals surface area contributed by atoms with Crippen LogP contribution in [0.4, 0.5) is 10.1 Å². The maximum atomic E-state index is 13.2. The second kappa shape index (κ2) is 8.34. The van der Waals surface area contributed by atoms with Crippen molar-refractivity contribution in [2.75, 3.05) is 5.32 Å². The molecule has 0 heterocycles. The highest BCUT2D eigenvalue weighted by atomic mass is 19.1. The second-order valence-electron chi connectivity index (χ2n) is 5.93. The van der Waals surface area contributed by atoms with Gasteiger partial charge in [0.15, 0.2) is 0 Å². The fourth-order valence-electron chi connectivity index (χ4n) is 2.74. The van der Waals surface area contributed by atoms with E-state index in [1.54, 1.807) is 6.07 Å². The van der Waals surface area contributed by atoms with E-state index in [2.05, 4.69) is 36.5 Å². The van der Waals surface area contributed by atoms with Crippen molar-refractivity contribution in [2.45, 2.75) is 26.5 Å². The van der Waals surface area contributed by atoms with Crippen LogP contribution in [0.2, 0.25) is 0 Å². The van der Waals surface area contributed by atoms with E-state index in [9.17, 15) is 4.39 Å². The van der Waals surface area contributed by atoms with Crippen molar-refractivity contribution in [1.29, 1.82) is 0 Å². The van der Waals surface area contributed by atoms with Crippen LogP contribution in [0.3, 0.4) is 0 Å². The summed E-state index contributed by atoms with van der Waals surface area (Å²) in [5.74, 6) is 0.543. The maximum absolute atomic E-state index is 13.2. The molecule has 0 spiro atoms. The van der Waals surface area contributed by atoms with Crippen molar-refractivity contribution in [2.24, 2.45) is 0 Å². The summed E-state index contributed by atoms with van der Waals surface area (Å²) >= 11 is 0. The molecule has 3 heteroatoms. The summed E-state index contributed by atoms with van der Waals surface area (Å²) in [5.41, 5.74) is 4.43. The molecule has 0 radical (unpaired) electrons. The number of aryl methyl sites for hydroxylation is 1. The van der Waals surface area contributed by atoms with Crippen LogP contribution in [0.5, 0.6) is 5.75 Å². The van der Waals surface area contributed by atoms with E-state index in [0.717, 1.165) is 35.5 Å². The van der Waals surface area contributed by atoms with Crippen molar-refractivity contribution < 1.29 is 9.13 Å². The summed E-state index contributed by atoms with van der Waals surface area (Å²) in [6.45, 7) is 3.24. The molecule has 0 bridgehead atoms. The second-order valence-corrected chi connectivity index (χ2v) is 5.93. The zero-order valence-electron chi connectivity index (χ0n) is 14.3. The fourth-order valence-corrected chi connectivity index (χ4v) is 2.74. The van der Waals surface area contributed by atoms with E-state index in [1.165, 1.54) is 17.7 Å². The molecule has 0 aliphatic rings. The number of ether oxygens (including phenoxy) is 1. The lowest BCUT2D eigenvalue weighted by molar-refractivity contribution is 0.305. The average molecular weight is 335 g/mol. The summed E-state index contributed by atoms with van der Waals surface area (Å²) in [6.07, 6.45) is 1.000. The summed E-state index contributed by atoms with van der Waals surface area (Å²) < 4.78 is 19.0. The third kappa shape index (κ3) is 4.83. The maximum Gasteiger partial charge on any atom is 0.123 e.